The fourth-order valence-electron chi connectivity index (χ4n) is 2.92. The number of amides is 2. The lowest BCUT2D eigenvalue weighted by Gasteiger charge is -2.31. The van der Waals surface area contributed by atoms with Gasteiger partial charge in [0.2, 0.25) is 5.91 Å². The number of hydrogen-bond acceptors (Lipinski definition) is 3. The van der Waals surface area contributed by atoms with Gasteiger partial charge in [0.05, 0.1) is 0 Å². The predicted octanol–water partition coefficient (Wildman–Crippen LogP) is 4.61. The maximum Gasteiger partial charge on any atom is 0.261 e. The van der Waals surface area contributed by atoms with Crippen molar-refractivity contribution in [3.63, 3.8) is 0 Å². The summed E-state index contributed by atoms with van der Waals surface area (Å²) < 4.78 is 5.69. The third kappa shape index (κ3) is 7.06. The summed E-state index contributed by atoms with van der Waals surface area (Å²) >= 11 is 6.30. The molecular weight excluding hydrogens is 400 g/mol. The number of carbonyl (C=O) groups is 2. The van der Waals surface area contributed by atoms with Crippen LogP contribution in [0.1, 0.15) is 45.7 Å². The lowest BCUT2D eigenvalue weighted by Crippen LogP contribution is -2.53. The number of nitrogens with one attached hydrogen (secondary N) is 1. The molecule has 0 radical (unpaired) electrons. The van der Waals surface area contributed by atoms with Crippen LogP contribution in [0.15, 0.2) is 48.5 Å². The van der Waals surface area contributed by atoms with Gasteiger partial charge in [0, 0.05) is 17.1 Å². The Morgan fingerprint density at radius 1 is 1.10 bits per heavy atom. The molecule has 1 N–H and O–H groups in total. The molecule has 162 valence electrons. The zero-order chi connectivity index (χ0) is 22.3. The molecule has 6 heteroatoms. The van der Waals surface area contributed by atoms with Gasteiger partial charge in [-0.2, -0.15) is 0 Å². The Kier molecular flexibility index (Phi) is 8.30. The van der Waals surface area contributed by atoms with Crippen molar-refractivity contribution in [1.29, 1.82) is 0 Å². The van der Waals surface area contributed by atoms with Gasteiger partial charge in [-0.15, -0.1) is 0 Å². The molecule has 0 heterocycles. The first-order valence-corrected chi connectivity index (χ1v) is 10.5. The molecule has 0 bridgehead atoms. The number of aryl methyl sites for hydroxylation is 1. The lowest BCUT2D eigenvalue weighted by atomic mass is 10.1. The highest BCUT2D eigenvalue weighted by Gasteiger charge is 2.29. The van der Waals surface area contributed by atoms with Crippen LogP contribution in [0, 0.1) is 0 Å². The van der Waals surface area contributed by atoms with Crippen molar-refractivity contribution >= 4 is 23.4 Å². The van der Waals surface area contributed by atoms with Crippen molar-refractivity contribution < 1.29 is 14.3 Å². The molecule has 0 unspecified atom stereocenters. The molecule has 2 aromatic rings. The molecule has 0 saturated heterocycles. The number of hydrogen-bond donors (Lipinski definition) is 1. The molecule has 1 atom stereocenters. The highest BCUT2D eigenvalue weighted by Crippen LogP contribution is 2.19. The quantitative estimate of drug-likeness (QED) is 0.665. The van der Waals surface area contributed by atoms with E-state index in [1.54, 1.807) is 13.0 Å². The van der Waals surface area contributed by atoms with Crippen molar-refractivity contribution in [3.05, 3.63) is 64.7 Å². The minimum atomic E-state index is -0.681. The van der Waals surface area contributed by atoms with Gasteiger partial charge < -0.3 is 15.0 Å². The van der Waals surface area contributed by atoms with Gasteiger partial charge in [-0.05, 0) is 63.4 Å². The fourth-order valence-corrected chi connectivity index (χ4v) is 3.11. The van der Waals surface area contributed by atoms with Crippen LogP contribution in [0.5, 0.6) is 5.75 Å². The molecule has 5 nitrogen and oxygen atoms in total. The molecule has 0 aliphatic rings. The summed E-state index contributed by atoms with van der Waals surface area (Å²) in [6.07, 6.45) is 0.936. The van der Waals surface area contributed by atoms with Crippen LogP contribution < -0.4 is 10.1 Å². The molecule has 2 rings (SSSR count). The van der Waals surface area contributed by atoms with Gasteiger partial charge in [-0.1, -0.05) is 48.9 Å². The standard InChI is InChI=1S/C24H31ClN2O3/c1-6-18-11-13-20(14-12-18)30-16-22(28)27(15-19-9-7-8-10-21(19)25)17(2)23(29)26-24(3,4)5/h7-14,17H,6,15-16H2,1-5H3,(H,26,29)/t17-/m0/s1. The summed E-state index contributed by atoms with van der Waals surface area (Å²) in [5.74, 6) is 0.103. The largest absolute Gasteiger partial charge is 0.484 e. The van der Waals surface area contributed by atoms with Gasteiger partial charge in [0.1, 0.15) is 11.8 Å². The smallest absolute Gasteiger partial charge is 0.261 e. The van der Waals surface area contributed by atoms with Crippen molar-refractivity contribution in [3.8, 4) is 5.75 Å². The number of benzene rings is 2. The molecule has 30 heavy (non-hydrogen) atoms. The molecular formula is C24H31ClN2O3. The van der Waals surface area contributed by atoms with Gasteiger partial charge in [0.15, 0.2) is 6.61 Å². The number of rotatable bonds is 8. The zero-order valence-corrected chi connectivity index (χ0v) is 19.1. The van der Waals surface area contributed by atoms with Crippen LogP contribution in [-0.4, -0.2) is 34.9 Å². The maximum absolute atomic E-state index is 13.0. The predicted molar refractivity (Wildman–Crippen MR) is 121 cm³/mol. The van der Waals surface area contributed by atoms with E-state index in [0.717, 1.165) is 12.0 Å². The second-order valence-corrected chi connectivity index (χ2v) is 8.72. The van der Waals surface area contributed by atoms with E-state index in [1.165, 1.54) is 10.5 Å². The maximum atomic E-state index is 13.0. The van der Waals surface area contributed by atoms with E-state index < -0.39 is 11.6 Å². The monoisotopic (exact) mass is 430 g/mol. The van der Waals surface area contributed by atoms with Gasteiger partial charge in [-0.3, -0.25) is 9.59 Å². The summed E-state index contributed by atoms with van der Waals surface area (Å²) in [7, 11) is 0. The van der Waals surface area contributed by atoms with Gasteiger partial charge in [0.25, 0.3) is 5.91 Å². The van der Waals surface area contributed by atoms with Crippen LogP contribution in [0.25, 0.3) is 0 Å². The van der Waals surface area contributed by atoms with Crippen molar-refractivity contribution in [2.75, 3.05) is 6.61 Å². The van der Waals surface area contributed by atoms with Crippen LogP contribution in [-0.2, 0) is 22.6 Å². The first kappa shape index (κ1) is 23.7. The van der Waals surface area contributed by atoms with E-state index in [9.17, 15) is 9.59 Å². The Bertz CT molecular complexity index is 859. The Morgan fingerprint density at radius 2 is 1.73 bits per heavy atom. The number of nitrogens with zero attached hydrogens (tertiary/aromatic N) is 1. The van der Waals surface area contributed by atoms with Crippen LogP contribution in [0.4, 0.5) is 0 Å². The summed E-state index contributed by atoms with van der Waals surface area (Å²) in [6, 6.07) is 14.3. The molecule has 0 aromatic heterocycles. The second kappa shape index (κ2) is 10.5. The van der Waals surface area contributed by atoms with E-state index >= 15 is 0 Å². The lowest BCUT2D eigenvalue weighted by molar-refractivity contribution is -0.142. The topological polar surface area (TPSA) is 58.6 Å². The second-order valence-electron chi connectivity index (χ2n) is 8.31. The van der Waals surface area contributed by atoms with Crippen molar-refractivity contribution in [2.24, 2.45) is 0 Å². The average Bonchev–Trinajstić information content (AvgIpc) is 2.70. The van der Waals surface area contributed by atoms with Crippen molar-refractivity contribution in [1.82, 2.24) is 10.2 Å². The summed E-state index contributed by atoms with van der Waals surface area (Å²) in [5.41, 5.74) is 1.57. The Balaban J connectivity index is 2.16. The van der Waals surface area contributed by atoms with Crippen LogP contribution in [0.3, 0.4) is 0 Å². The number of carbonyl (C=O) groups excluding carboxylic acids is 2. The third-order valence-electron chi connectivity index (χ3n) is 4.66. The zero-order valence-electron chi connectivity index (χ0n) is 18.4. The summed E-state index contributed by atoms with van der Waals surface area (Å²) in [4.78, 5) is 27.3. The summed E-state index contributed by atoms with van der Waals surface area (Å²) in [6.45, 7) is 9.56. The SMILES string of the molecule is CCc1ccc(OCC(=O)N(Cc2ccccc2Cl)[C@@H](C)C(=O)NC(C)(C)C)cc1. The summed E-state index contributed by atoms with van der Waals surface area (Å²) in [5, 5.41) is 3.49. The molecule has 2 aromatic carbocycles. The minimum Gasteiger partial charge on any atom is -0.484 e. The number of ether oxygens (including phenoxy) is 1. The van der Waals surface area contributed by atoms with Gasteiger partial charge in [-0.25, -0.2) is 0 Å². The van der Waals surface area contributed by atoms with E-state index in [0.29, 0.717) is 10.8 Å². The van der Waals surface area contributed by atoms with Crippen LogP contribution >= 0.6 is 11.6 Å². The molecule has 0 aliphatic carbocycles. The van der Waals surface area contributed by atoms with E-state index in [4.69, 9.17) is 16.3 Å². The fraction of sp³-hybridized carbons (Fsp3) is 0.417. The molecule has 0 fully saturated rings. The molecule has 2 amide bonds. The van der Waals surface area contributed by atoms with E-state index in [2.05, 4.69) is 12.2 Å². The first-order chi connectivity index (χ1) is 14.1. The normalized spacial score (nSPS) is 12.2. The molecule has 0 saturated carbocycles. The average molecular weight is 431 g/mol. The van der Waals surface area contributed by atoms with Crippen molar-refractivity contribution in [2.45, 2.75) is 59.2 Å². The Hall–Kier alpha value is -2.53. The van der Waals surface area contributed by atoms with E-state index in [1.807, 2.05) is 63.2 Å². The highest BCUT2D eigenvalue weighted by molar-refractivity contribution is 6.31. The Morgan fingerprint density at radius 3 is 2.30 bits per heavy atom. The minimum absolute atomic E-state index is 0.164. The van der Waals surface area contributed by atoms with Crippen LogP contribution in [0.2, 0.25) is 5.02 Å². The van der Waals surface area contributed by atoms with Gasteiger partial charge >= 0.3 is 0 Å². The number of halogens is 1. The first-order valence-electron chi connectivity index (χ1n) is 10.2. The Labute approximate surface area is 184 Å². The molecule has 0 spiro atoms. The third-order valence-corrected chi connectivity index (χ3v) is 5.03. The highest BCUT2D eigenvalue weighted by atomic mass is 35.5. The van der Waals surface area contributed by atoms with E-state index in [-0.39, 0.29) is 25.0 Å². The molecule has 0 aliphatic heterocycles.